The van der Waals surface area contributed by atoms with Crippen LogP contribution < -0.4 is 16.5 Å². The molecule has 1 unspecified atom stereocenters. The number of nitrogens with one attached hydrogen (secondary N) is 2. The molecule has 1 aromatic heterocycles. The summed E-state index contributed by atoms with van der Waals surface area (Å²) < 4.78 is -0.0427. The molecule has 9 nitrogen and oxygen atoms in total. The number of Topliss-reactive ketones (excluding diaryl/α,β-unsaturated/α-hetero) is 1. The number of halogens is 2. The van der Waals surface area contributed by atoms with Gasteiger partial charge in [0.25, 0.3) is 5.84 Å². The summed E-state index contributed by atoms with van der Waals surface area (Å²) in [5.74, 6) is 1.39. The van der Waals surface area contributed by atoms with Crippen LogP contribution in [0.5, 0.6) is 0 Å². The monoisotopic (exact) mass is 471 g/mol. The normalized spacial score (nSPS) is 18.8. The summed E-state index contributed by atoms with van der Waals surface area (Å²) in [5, 5.41) is 8.71. The number of hydrogen-bond donors (Lipinski definition) is 3. The van der Waals surface area contributed by atoms with Crippen LogP contribution in [-0.2, 0) is 0 Å². The number of fused-ring (bicyclic) bond motifs is 1. The van der Waals surface area contributed by atoms with E-state index in [1.807, 2.05) is 12.3 Å². The number of ketones is 1. The Balaban J connectivity index is 1.44. The first-order chi connectivity index (χ1) is 15.4. The van der Waals surface area contributed by atoms with Gasteiger partial charge in [-0.05, 0) is 40.1 Å². The van der Waals surface area contributed by atoms with Gasteiger partial charge >= 0.3 is 0 Å². The number of rotatable bonds is 8. The number of nitrogens with zero attached hydrogens (tertiary/aromatic N) is 5. The van der Waals surface area contributed by atoms with Gasteiger partial charge in [0.1, 0.15) is 23.5 Å². The van der Waals surface area contributed by atoms with E-state index in [0.717, 1.165) is 5.56 Å². The molecule has 1 atom stereocenters. The second kappa shape index (κ2) is 9.17. The van der Waals surface area contributed by atoms with E-state index < -0.39 is 0 Å². The topological polar surface area (TPSA) is 117 Å². The number of quaternary nitrogens is 1. The lowest BCUT2D eigenvalue weighted by molar-refractivity contribution is -0.838. The molecular formula is C21H21Cl2N8O+. The van der Waals surface area contributed by atoms with Crippen LogP contribution in [0, 0.1) is 0 Å². The van der Waals surface area contributed by atoms with Crippen molar-refractivity contribution in [2.24, 2.45) is 15.1 Å². The van der Waals surface area contributed by atoms with Crippen molar-refractivity contribution in [2.75, 3.05) is 24.1 Å². The minimum atomic E-state index is -0.0427. The number of carbonyl (C=O) groups is 1. The minimum Gasteiger partial charge on any atom is -0.383 e. The Hall–Kier alpha value is -3.11. The molecule has 4 rings (SSSR count). The van der Waals surface area contributed by atoms with Gasteiger partial charge in [0.2, 0.25) is 0 Å². The first-order valence-corrected chi connectivity index (χ1v) is 10.7. The molecule has 3 heterocycles. The van der Waals surface area contributed by atoms with Gasteiger partial charge in [-0.15, -0.1) is 5.43 Å². The maximum absolute atomic E-state index is 11.8. The third kappa shape index (κ3) is 4.42. The Morgan fingerprint density at radius 2 is 2.03 bits per heavy atom. The molecule has 0 saturated carbocycles. The lowest BCUT2D eigenvalue weighted by Gasteiger charge is -2.26. The van der Waals surface area contributed by atoms with E-state index in [0.29, 0.717) is 52.5 Å². The zero-order chi connectivity index (χ0) is 22.7. The van der Waals surface area contributed by atoms with Crippen molar-refractivity contribution < 1.29 is 9.50 Å². The molecule has 2 aliphatic rings. The number of anilines is 2. The van der Waals surface area contributed by atoms with Crippen molar-refractivity contribution >= 4 is 64.7 Å². The second-order valence-electron chi connectivity index (χ2n) is 7.04. The highest BCUT2D eigenvalue weighted by atomic mass is 35.5. The Morgan fingerprint density at radius 1 is 1.19 bits per heavy atom. The first-order valence-electron chi connectivity index (χ1n) is 9.94. The molecule has 32 heavy (non-hydrogen) atoms. The van der Waals surface area contributed by atoms with Crippen LogP contribution in [0.3, 0.4) is 0 Å². The molecule has 2 aromatic rings. The van der Waals surface area contributed by atoms with Gasteiger partial charge in [-0.25, -0.2) is 9.98 Å². The highest BCUT2D eigenvalue weighted by Crippen LogP contribution is 2.31. The number of aliphatic imine (C=N–C) groups is 2. The summed E-state index contributed by atoms with van der Waals surface area (Å²) in [6, 6.07) is 8.67. The van der Waals surface area contributed by atoms with Gasteiger partial charge in [-0.2, -0.15) is 4.99 Å². The average Bonchev–Trinajstić information content (AvgIpc) is 3.19. The summed E-state index contributed by atoms with van der Waals surface area (Å²) in [6.07, 6.45) is 5.35. The standard InChI is InChI=1S/C21H20Cl2N8O/c1-2-18(32)15-5-6-19(30-21(15)24)25-7-8-28-31-11-17(26-10-20(31)27-12-29-31)14-4-3-13(22)9-16(14)23/h3-6,9-12,28H,2,7-8H2,1H3,(H2-,24,25,30,32)/p+1. The van der Waals surface area contributed by atoms with E-state index in [4.69, 9.17) is 28.9 Å². The highest BCUT2D eigenvalue weighted by Gasteiger charge is 2.39. The number of hydrogen-bond acceptors (Lipinski definition) is 8. The molecule has 0 saturated heterocycles. The molecule has 0 bridgehead atoms. The molecule has 0 radical (unpaired) electrons. The van der Waals surface area contributed by atoms with Crippen LogP contribution >= 0.6 is 23.2 Å². The maximum Gasteiger partial charge on any atom is 0.299 e. The SMILES string of the molecule is CCC(=O)c1ccc(NCCN[N+]23C=C(c4ccc(Cl)cc4Cl)N=CC2=NC=N3)nc1N. The van der Waals surface area contributed by atoms with E-state index in [9.17, 15) is 4.79 Å². The lowest BCUT2D eigenvalue weighted by atomic mass is 10.1. The maximum atomic E-state index is 11.8. The smallest absolute Gasteiger partial charge is 0.299 e. The van der Waals surface area contributed by atoms with E-state index in [-0.39, 0.29) is 16.3 Å². The first kappa shape index (κ1) is 22.1. The molecule has 164 valence electrons. The van der Waals surface area contributed by atoms with Crippen LogP contribution in [0.25, 0.3) is 5.70 Å². The quantitative estimate of drug-likeness (QED) is 0.308. The number of aromatic nitrogens is 1. The van der Waals surface area contributed by atoms with Crippen molar-refractivity contribution in [3.63, 3.8) is 0 Å². The number of amidine groups is 1. The Labute approximate surface area is 194 Å². The van der Waals surface area contributed by atoms with Crippen molar-refractivity contribution in [3.8, 4) is 0 Å². The average molecular weight is 472 g/mol. The van der Waals surface area contributed by atoms with Gasteiger partial charge in [0, 0.05) is 23.6 Å². The summed E-state index contributed by atoms with van der Waals surface area (Å²) in [6.45, 7) is 2.83. The molecule has 0 amide bonds. The number of carbonyl (C=O) groups excluding carboxylic acids is 1. The largest absolute Gasteiger partial charge is 0.383 e. The Kier molecular flexibility index (Phi) is 6.33. The van der Waals surface area contributed by atoms with E-state index in [1.54, 1.807) is 37.4 Å². The highest BCUT2D eigenvalue weighted by molar-refractivity contribution is 6.36. The summed E-state index contributed by atoms with van der Waals surface area (Å²) in [5.41, 5.74) is 11.1. The van der Waals surface area contributed by atoms with E-state index in [2.05, 4.69) is 30.8 Å². The summed E-state index contributed by atoms with van der Waals surface area (Å²) in [4.78, 5) is 24.9. The number of nitrogen functional groups attached to an aromatic ring is 1. The van der Waals surface area contributed by atoms with Crippen molar-refractivity contribution in [2.45, 2.75) is 13.3 Å². The molecular weight excluding hydrogens is 451 g/mol. The Morgan fingerprint density at radius 3 is 2.78 bits per heavy atom. The van der Waals surface area contributed by atoms with Crippen LogP contribution in [-0.4, -0.2) is 46.9 Å². The number of benzene rings is 1. The van der Waals surface area contributed by atoms with Crippen molar-refractivity contribution in [1.29, 1.82) is 0 Å². The summed E-state index contributed by atoms with van der Waals surface area (Å²) in [7, 11) is 0. The molecule has 4 N–H and O–H groups in total. The van der Waals surface area contributed by atoms with E-state index >= 15 is 0 Å². The van der Waals surface area contributed by atoms with Crippen LogP contribution in [0.4, 0.5) is 11.6 Å². The fraction of sp³-hybridized carbons (Fsp3) is 0.190. The van der Waals surface area contributed by atoms with Gasteiger partial charge in [-0.3, -0.25) is 4.79 Å². The van der Waals surface area contributed by atoms with Crippen molar-refractivity contribution in [1.82, 2.24) is 10.4 Å². The third-order valence-electron chi connectivity index (χ3n) is 4.94. The fourth-order valence-electron chi connectivity index (χ4n) is 3.29. The van der Waals surface area contributed by atoms with E-state index in [1.165, 1.54) is 6.34 Å². The van der Waals surface area contributed by atoms with Gasteiger partial charge in [0.15, 0.2) is 18.3 Å². The molecule has 0 aliphatic carbocycles. The van der Waals surface area contributed by atoms with Gasteiger partial charge in [-0.1, -0.05) is 30.1 Å². The molecule has 0 spiro atoms. The fourth-order valence-corrected chi connectivity index (χ4v) is 3.80. The third-order valence-corrected chi connectivity index (χ3v) is 5.49. The van der Waals surface area contributed by atoms with Crippen LogP contribution in [0.1, 0.15) is 29.3 Å². The Bertz CT molecular complexity index is 1190. The summed E-state index contributed by atoms with van der Waals surface area (Å²) >= 11 is 12.4. The zero-order valence-electron chi connectivity index (χ0n) is 17.2. The number of pyridine rings is 1. The number of nitrogens with two attached hydrogens (primary N) is 1. The predicted octanol–water partition coefficient (Wildman–Crippen LogP) is 3.74. The van der Waals surface area contributed by atoms with Crippen LogP contribution in [0.15, 0.2) is 51.6 Å². The zero-order valence-corrected chi connectivity index (χ0v) is 18.7. The predicted molar refractivity (Wildman–Crippen MR) is 129 cm³/mol. The van der Waals surface area contributed by atoms with Crippen molar-refractivity contribution in [3.05, 3.63) is 57.7 Å². The molecule has 2 aliphatic heterocycles. The minimum absolute atomic E-state index is 0.0344. The lowest BCUT2D eigenvalue weighted by Crippen LogP contribution is -2.55. The molecule has 11 heteroatoms. The van der Waals surface area contributed by atoms with Gasteiger partial charge in [0.05, 0.1) is 17.1 Å². The molecule has 1 aromatic carbocycles. The van der Waals surface area contributed by atoms with Gasteiger partial charge < -0.3 is 11.1 Å². The second-order valence-corrected chi connectivity index (χ2v) is 7.88. The molecule has 0 fully saturated rings. The van der Waals surface area contributed by atoms with Crippen LogP contribution in [0.2, 0.25) is 10.0 Å².